The lowest BCUT2D eigenvalue weighted by molar-refractivity contribution is -0.611. The number of nitrogens with zero attached hydrogens (tertiary/aromatic N) is 4. The molecule has 0 bridgehead atoms. The van der Waals surface area contributed by atoms with Crippen molar-refractivity contribution in [3.8, 4) is 28.7 Å². The van der Waals surface area contributed by atoms with Crippen molar-refractivity contribution < 1.29 is 9.30 Å². The Morgan fingerprint density at radius 2 is 1.01 bits per heavy atom. The van der Waals surface area contributed by atoms with Crippen LogP contribution in [0.1, 0.15) is 155 Å². The highest BCUT2D eigenvalue weighted by Gasteiger charge is 2.31. The first-order chi connectivity index (χ1) is 33.2. The summed E-state index contributed by atoms with van der Waals surface area (Å²) in [6.07, 6.45) is 8.11. The number of fused-ring (bicyclic) bond motifs is 3. The summed E-state index contributed by atoms with van der Waals surface area (Å²) >= 11 is 0. The van der Waals surface area contributed by atoms with Crippen LogP contribution in [0.25, 0.3) is 39.0 Å². The molecule has 6 aromatic carbocycles. The fraction of sp³-hybridized carbons (Fsp3) is 0.333. The molecule has 0 aliphatic rings. The van der Waals surface area contributed by atoms with Crippen LogP contribution in [0.3, 0.4) is 0 Å². The molecule has 0 spiro atoms. The van der Waals surface area contributed by atoms with Crippen LogP contribution < -0.4 is 9.30 Å². The van der Waals surface area contributed by atoms with Crippen molar-refractivity contribution in [2.45, 2.75) is 143 Å². The van der Waals surface area contributed by atoms with Gasteiger partial charge in [-0.05, 0) is 127 Å². The molecule has 0 unspecified atom stereocenters. The third-order valence-corrected chi connectivity index (χ3v) is 14.8. The van der Waals surface area contributed by atoms with Gasteiger partial charge in [0.2, 0.25) is 0 Å². The minimum atomic E-state index is -0.364. The fourth-order valence-corrected chi connectivity index (χ4v) is 9.83. The van der Waals surface area contributed by atoms with Crippen molar-refractivity contribution in [3.05, 3.63) is 209 Å². The quantitative estimate of drug-likeness (QED) is 0.107. The largest absolute Gasteiger partial charge is 0.458 e. The van der Waals surface area contributed by atoms with E-state index in [1.54, 1.807) is 0 Å². The van der Waals surface area contributed by atoms with Gasteiger partial charge in [0.15, 0.2) is 0 Å². The number of pyridine rings is 1. The van der Waals surface area contributed by atoms with Crippen LogP contribution in [0.15, 0.2) is 158 Å². The lowest BCUT2D eigenvalue weighted by Gasteiger charge is -2.29. The van der Waals surface area contributed by atoms with Gasteiger partial charge in [0.1, 0.15) is 17.3 Å². The summed E-state index contributed by atoms with van der Waals surface area (Å²) in [5.41, 5.74) is 13.3. The molecule has 0 saturated carbocycles. The van der Waals surface area contributed by atoms with Gasteiger partial charge >= 0.3 is 0 Å². The predicted octanol–water partition coefficient (Wildman–Crippen LogP) is 16.7. The molecule has 3 heterocycles. The minimum Gasteiger partial charge on any atom is -0.458 e. The number of hydrogen-bond donors (Lipinski definition) is 0. The van der Waals surface area contributed by atoms with Gasteiger partial charge in [-0.3, -0.25) is 13.7 Å². The van der Waals surface area contributed by atoms with E-state index in [4.69, 9.17) is 9.72 Å². The van der Waals surface area contributed by atoms with Crippen molar-refractivity contribution in [2.24, 2.45) is 0 Å². The average molecular weight is 939 g/mol. The van der Waals surface area contributed by atoms with Crippen LogP contribution in [0.2, 0.25) is 0 Å². The molecule has 0 radical (unpaired) electrons. The average Bonchev–Trinajstić information content (AvgIpc) is 3.91. The first-order valence-corrected chi connectivity index (χ1v) is 25.4. The highest BCUT2D eigenvalue weighted by molar-refractivity contribution is 6.10. The van der Waals surface area contributed by atoms with Crippen molar-refractivity contribution >= 4 is 21.8 Å². The third kappa shape index (κ3) is 9.61. The molecule has 0 atom stereocenters. The number of benzene rings is 6. The van der Waals surface area contributed by atoms with Crippen LogP contribution >= 0.6 is 0 Å². The lowest BCUT2D eigenvalue weighted by Crippen LogP contribution is -2.41. The molecule has 0 N–H and O–H groups in total. The summed E-state index contributed by atoms with van der Waals surface area (Å²) in [6.45, 7) is 36.6. The highest BCUT2D eigenvalue weighted by atomic mass is 16.5. The van der Waals surface area contributed by atoms with Crippen molar-refractivity contribution in [1.29, 1.82) is 0 Å². The zero-order valence-corrected chi connectivity index (χ0v) is 45.2. The monoisotopic (exact) mass is 939 g/mol. The normalized spacial score (nSPS) is 13.1. The Labute approximate surface area is 424 Å². The molecule has 0 fully saturated rings. The summed E-state index contributed by atoms with van der Waals surface area (Å²) < 4.78 is 13.9. The molecule has 71 heavy (non-hydrogen) atoms. The van der Waals surface area contributed by atoms with E-state index in [1.807, 2.05) is 6.20 Å². The van der Waals surface area contributed by atoms with Crippen LogP contribution in [0.4, 0.5) is 0 Å². The smallest absolute Gasteiger partial charge is 0.269 e. The predicted molar refractivity (Wildman–Crippen MR) is 297 cm³/mol. The maximum absolute atomic E-state index is 7.08. The second-order valence-corrected chi connectivity index (χ2v) is 25.0. The zero-order valence-electron chi connectivity index (χ0n) is 45.2. The summed E-state index contributed by atoms with van der Waals surface area (Å²) in [6, 6.07) is 53.2. The number of hydrogen-bond acceptors (Lipinski definition) is 2. The van der Waals surface area contributed by atoms with E-state index in [0.29, 0.717) is 0 Å². The fourth-order valence-electron chi connectivity index (χ4n) is 9.83. The molecule has 364 valence electrons. The Bertz CT molecular complexity index is 3380. The van der Waals surface area contributed by atoms with Gasteiger partial charge in [0, 0.05) is 40.1 Å². The number of ether oxygens (including phenoxy) is 1. The van der Waals surface area contributed by atoms with Gasteiger partial charge in [0.05, 0.1) is 28.1 Å². The topological polar surface area (TPSA) is 35.9 Å². The molecular weight excluding hydrogens is 865 g/mol. The van der Waals surface area contributed by atoms with E-state index in [-0.39, 0.29) is 32.5 Å². The SMILES string of the molecule is CC(C)(C)c1cc(Oc2ccc3c4cc(C(C)(C)c5ccccc5)ccc4n(-c4cc(C(C)(C)C)ccn4)c3c2)cc(-n2[c-][n+](-c3cc(C(C)(C)C)cc(C(C)(C)C)c3)c(C(C)(C)c3ccccc3)c2)c1. The Balaban J connectivity index is 1.21. The van der Waals surface area contributed by atoms with Crippen LogP contribution in [0, 0.1) is 6.33 Å². The van der Waals surface area contributed by atoms with Crippen molar-refractivity contribution in [2.75, 3.05) is 0 Å². The van der Waals surface area contributed by atoms with E-state index in [1.165, 1.54) is 44.3 Å². The Morgan fingerprint density at radius 1 is 0.437 bits per heavy atom. The first kappa shape index (κ1) is 49.3. The van der Waals surface area contributed by atoms with Crippen LogP contribution in [-0.2, 0) is 32.5 Å². The molecule has 0 amide bonds. The third-order valence-electron chi connectivity index (χ3n) is 14.8. The van der Waals surface area contributed by atoms with E-state index in [2.05, 4.69) is 283 Å². The maximum Gasteiger partial charge on any atom is 0.269 e. The molecule has 9 aromatic rings. The van der Waals surface area contributed by atoms with Gasteiger partial charge in [-0.2, -0.15) is 0 Å². The second kappa shape index (κ2) is 17.5. The molecule has 0 aliphatic heterocycles. The molecule has 5 nitrogen and oxygen atoms in total. The van der Waals surface area contributed by atoms with Crippen molar-refractivity contribution in [3.63, 3.8) is 0 Å². The summed E-state index contributed by atoms with van der Waals surface area (Å²) in [4.78, 5) is 5.03. The summed E-state index contributed by atoms with van der Waals surface area (Å²) in [5.74, 6) is 2.40. The number of imidazole rings is 1. The van der Waals surface area contributed by atoms with Gasteiger partial charge in [-0.25, -0.2) is 4.98 Å². The maximum atomic E-state index is 7.08. The van der Waals surface area contributed by atoms with Gasteiger partial charge in [0.25, 0.3) is 6.33 Å². The number of rotatable bonds is 9. The highest BCUT2D eigenvalue weighted by Crippen LogP contribution is 2.41. The van der Waals surface area contributed by atoms with E-state index in [0.717, 1.165) is 50.8 Å². The Kier molecular flexibility index (Phi) is 12.2. The number of aromatic nitrogens is 4. The van der Waals surface area contributed by atoms with Gasteiger partial charge in [-0.1, -0.05) is 184 Å². The molecule has 5 heteroatoms. The van der Waals surface area contributed by atoms with E-state index in [9.17, 15) is 0 Å². The van der Waals surface area contributed by atoms with Crippen LogP contribution in [0.5, 0.6) is 11.5 Å². The second-order valence-electron chi connectivity index (χ2n) is 25.0. The molecule has 9 rings (SSSR count). The Morgan fingerprint density at radius 3 is 1.61 bits per heavy atom. The lowest BCUT2D eigenvalue weighted by atomic mass is 9.78. The molecule has 0 saturated heterocycles. The molecule has 0 aliphatic carbocycles. The summed E-state index contributed by atoms with van der Waals surface area (Å²) in [7, 11) is 0. The zero-order chi connectivity index (χ0) is 51.1. The standard InChI is InChI=1S/C66H74N4O/c1-61(2,3)46-31-32-67-60(39-46)70-57-30-27-47(65(13,14)44-23-19-17-20-24-44)38-56(57)55-29-28-53(41-58(55)70)71-54-37-50(64(10,11)12)34-51(40-54)68-42-59(66(15,16)45-25-21-18-22-26-45)69(43-68)52-35-48(62(4,5)6)33-49(36-52)63(7,8)9/h17-42H,1-16H3. The van der Waals surface area contributed by atoms with Crippen molar-refractivity contribution in [1.82, 2.24) is 14.1 Å². The van der Waals surface area contributed by atoms with E-state index >= 15 is 0 Å². The minimum absolute atomic E-state index is 0.0475. The van der Waals surface area contributed by atoms with Gasteiger partial charge in [-0.15, -0.1) is 0 Å². The molecular formula is C66H74N4O. The summed E-state index contributed by atoms with van der Waals surface area (Å²) in [5, 5.41) is 2.33. The van der Waals surface area contributed by atoms with Gasteiger partial charge < -0.3 is 4.74 Å². The molecule has 3 aromatic heterocycles. The van der Waals surface area contributed by atoms with E-state index < -0.39 is 0 Å². The Hall–Kier alpha value is -6.72. The van der Waals surface area contributed by atoms with Crippen LogP contribution in [-0.4, -0.2) is 14.1 Å². The first-order valence-electron chi connectivity index (χ1n) is 25.4.